The minimum atomic E-state index is -0.147. The molecular formula is C27H24N6O2S3. The fourth-order valence-corrected chi connectivity index (χ4v) is 6.23. The first-order valence-corrected chi connectivity index (χ1v) is 14.5. The zero-order chi connectivity index (χ0) is 26.3. The number of aromatic amines is 1. The Hall–Kier alpha value is -3.67. The quantitative estimate of drug-likeness (QED) is 0.216. The van der Waals surface area contributed by atoms with Gasteiger partial charge in [-0.05, 0) is 23.8 Å². The molecule has 2 amide bonds. The highest BCUT2D eigenvalue weighted by Crippen LogP contribution is 2.31. The van der Waals surface area contributed by atoms with Crippen LogP contribution in [0.15, 0.2) is 88.4 Å². The largest absolute Gasteiger partial charge is 0.341 e. The van der Waals surface area contributed by atoms with Gasteiger partial charge in [-0.1, -0.05) is 84.2 Å². The van der Waals surface area contributed by atoms with Crippen LogP contribution in [0.3, 0.4) is 0 Å². The van der Waals surface area contributed by atoms with E-state index >= 15 is 0 Å². The van der Waals surface area contributed by atoms with Crippen molar-refractivity contribution >= 4 is 62.6 Å². The zero-order valence-corrected chi connectivity index (χ0v) is 22.9. The normalized spacial score (nSPS) is 11.0. The summed E-state index contributed by atoms with van der Waals surface area (Å²) in [5, 5.41) is 10.5. The van der Waals surface area contributed by atoms with Crippen LogP contribution in [0.5, 0.6) is 0 Å². The maximum atomic E-state index is 12.6. The van der Waals surface area contributed by atoms with Crippen molar-refractivity contribution in [1.29, 1.82) is 0 Å². The lowest BCUT2D eigenvalue weighted by Gasteiger charge is -2.16. The molecule has 5 aromatic rings. The van der Waals surface area contributed by atoms with Crippen LogP contribution in [-0.2, 0) is 16.1 Å². The van der Waals surface area contributed by atoms with E-state index in [0.29, 0.717) is 29.0 Å². The molecule has 3 aromatic carbocycles. The van der Waals surface area contributed by atoms with Crippen LogP contribution >= 0.6 is 34.9 Å². The minimum Gasteiger partial charge on any atom is -0.341 e. The van der Waals surface area contributed by atoms with Gasteiger partial charge in [0.1, 0.15) is 0 Å². The molecule has 0 fully saturated rings. The molecule has 5 rings (SSSR count). The average molecular weight is 561 g/mol. The number of anilines is 1. The third kappa shape index (κ3) is 6.80. The van der Waals surface area contributed by atoms with Crippen LogP contribution in [0.1, 0.15) is 5.56 Å². The fourth-order valence-electron chi connectivity index (χ4n) is 3.59. The Morgan fingerprint density at radius 1 is 0.947 bits per heavy atom. The first-order chi connectivity index (χ1) is 18.5. The molecule has 0 radical (unpaired) electrons. The molecule has 0 aliphatic rings. The molecule has 0 atom stereocenters. The number of rotatable bonds is 10. The molecule has 2 N–H and O–H groups in total. The number of carbonyl (C=O) groups excluding carboxylic acids is 2. The predicted molar refractivity (Wildman–Crippen MR) is 154 cm³/mol. The molecule has 0 aliphatic heterocycles. The number of amides is 2. The van der Waals surface area contributed by atoms with Crippen molar-refractivity contribution in [3.05, 3.63) is 84.4 Å². The Kier molecular flexibility index (Phi) is 8.37. The number of fused-ring (bicyclic) bond motifs is 1. The number of nitrogens with zero attached hydrogens (tertiary/aromatic N) is 4. The third-order valence-corrected chi connectivity index (χ3v) is 8.50. The molecule has 2 heterocycles. The van der Waals surface area contributed by atoms with Gasteiger partial charge in [0.25, 0.3) is 0 Å². The second kappa shape index (κ2) is 12.2. The second-order valence-electron chi connectivity index (χ2n) is 8.36. The molecule has 8 nitrogen and oxygen atoms in total. The topological polar surface area (TPSA) is 104 Å². The van der Waals surface area contributed by atoms with Gasteiger partial charge in [-0.3, -0.25) is 14.7 Å². The summed E-state index contributed by atoms with van der Waals surface area (Å²) in [4.78, 5) is 35.9. The van der Waals surface area contributed by atoms with E-state index < -0.39 is 0 Å². The summed E-state index contributed by atoms with van der Waals surface area (Å²) in [5.41, 5.74) is 3.57. The lowest BCUT2D eigenvalue weighted by atomic mass is 10.2. The molecule has 2 aromatic heterocycles. The summed E-state index contributed by atoms with van der Waals surface area (Å²) >= 11 is 4.20. The van der Waals surface area contributed by atoms with Gasteiger partial charge in [0, 0.05) is 24.8 Å². The molecule has 0 bridgehead atoms. The Balaban J connectivity index is 1.12. The highest BCUT2D eigenvalue weighted by molar-refractivity contribution is 8.01. The number of aromatic nitrogens is 4. The number of thioether (sulfide) groups is 2. The van der Waals surface area contributed by atoms with Crippen molar-refractivity contribution < 1.29 is 9.59 Å². The molecule has 0 saturated carbocycles. The lowest BCUT2D eigenvalue weighted by molar-refractivity contribution is -0.127. The molecule has 11 heteroatoms. The van der Waals surface area contributed by atoms with E-state index in [4.69, 9.17) is 0 Å². The molecule has 0 aliphatic carbocycles. The Bertz CT molecular complexity index is 1540. The highest BCUT2D eigenvalue weighted by Gasteiger charge is 2.14. The van der Waals surface area contributed by atoms with Gasteiger partial charge in [-0.25, -0.2) is 9.97 Å². The van der Waals surface area contributed by atoms with E-state index in [1.54, 1.807) is 4.90 Å². The summed E-state index contributed by atoms with van der Waals surface area (Å²) in [7, 11) is 1.81. The third-order valence-electron chi connectivity index (χ3n) is 5.50. The van der Waals surface area contributed by atoms with Crippen molar-refractivity contribution in [1.82, 2.24) is 25.1 Å². The van der Waals surface area contributed by atoms with Gasteiger partial charge in [0.2, 0.25) is 17.0 Å². The molecule has 0 unspecified atom stereocenters. The average Bonchev–Trinajstić information content (AvgIpc) is 3.58. The number of thiazole rings is 1. The van der Waals surface area contributed by atoms with Crippen molar-refractivity contribution in [2.75, 3.05) is 23.9 Å². The number of hydrogen-bond donors (Lipinski definition) is 2. The maximum Gasteiger partial charge on any atom is 0.234 e. The summed E-state index contributed by atoms with van der Waals surface area (Å²) in [5.74, 6) is 1.07. The van der Waals surface area contributed by atoms with Crippen molar-refractivity contribution in [3.8, 4) is 11.4 Å². The number of benzene rings is 3. The molecule has 0 saturated heterocycles. The predicted octanol–water partition coefficient (Wildman–Crippen LogP) is 5.56. The standard InChI is InChI=1S/C27H24N6O2S3/c1-33(15-18-8-4-2-5-9-18)24(35)17-37-27-29-21-13-12-20(14-22(21)38-27)28-23(34)16-36-26-30-25(31-32-26)19-10-6-3-7-11-19/h2-14H,15-17H2,1H3,(H,28,34)(H,30,31,32). The first-order valence-electron chi connectivity index (χ1n) is 11.8. The summed E-state index contributed by atoms with van der Waals surface area (Å²) in [6.45, 7) is 0.575. The van der Waals surface area contributed by atoms with Crippen LogP contribution in [0.25, 0.3) is 21.6 Å². The van der Waals surface area contributed by atoms with E-state index in [1.807, 2.05) is 85.9 Å². The first kappa shape index (κ1) is 26.0. The van der Waals surface area contributed by atoms with Crippen LogP contribution in [0.4, 0.5) is 5.69 Å². The monoisotopic (exact) mass is 560 g/mol. The maximum absolute atomic E-state index is 12.6. The molecule has 38 heavy (non-hydrogen) atoms. The second-order valence-corrected chi connectivity index (χ2v) is 11.6. The number of nitrogens with one attached hydrogen (secondary N) is 2. The zero-order valence-electron chi connectivity index (χ0n) is 20.5. The molecule has 192 valence electrons. The van der Waals surface area contributed by atoms with Crippen LogP contribution in [0, 0.1) is 0 Å². The summed E-state index contributed by atoms with van der Waals surface area (Å²) in [6, 6.07) is 25.2. The Morgan fingerprint density at radius 2 is 1.71 bits per heavy atom. The van der Waals surface area contributed by atoms with E-state index in [0.717, 1.165) is 25.7 Å². The van der Waals surface area contributed by atoms with Crippen molar-refractivity contribution in [3.63, 3.8) is 0 Å². The van der Waals surface area contributed by atoms with Gasteiger partial charge in [0.15, 0.2) is 10.2 Å². The summed E-state index contributed by atoms with van der Waals surface area (Å²) in [6.07, 6.45) is 0. The van der Waals surface area contributed by atoms with Crippen LogP contribution in [0.2, 0.25) is 0 Å². The van der Waals surface area contributed by atoms with E-state index in [2.05, 4.69) is 25.5 Å². The number of hydrogen-bond acceptors (Lipinski definition) is 8. The van der Waals surface area contributed by atoms with E-state index in [9.17, 15) is 9.59 Å². The van der Waals surface area contributed by atoms with Gasteiger partial charge in [-0.15, -0.1) is 16.4 Å². The smallest absolute Gasteiger partial charge is 0.234 e. The summed E-state index contributed by atoms with van der Waals surface area (Å²) < 4.78 is 1.77. The minimum absolute atomic E-state index is 0.0471. The van der Waals surface area contributed by atoms with E-state index in [1.165, 1.54) is 34.9 Å². The number of H-pyrrole nitrogens is 1. The highest BCUT2D eigenvalue weighted by atomic mass is 32.2. The van der Waals surface area contributed by atoms with E-state index in [-0.39, 0.29) is 17.6 Å². The van der Waals surface area contributed by atoms with Crippen molar-refractivity contribution in [2.24, 2.45) is 0 Å². The van der Waals surface area contributed by atoms with Crippen molar-refractivity contribution in [2.45, 2.75) is 16.0 Å². The Labute approximate surface area is 232 Å². The lowest BCUT2D eigenvalue weighted by Crippen LogP contribution is -2.27. The Morgan fingerprint density at radius 3 is 2.50 bits per heavy atom. The van der Waals surface area contributed by atoms with Gasteiger partial charge >= 0.3 is 0 Å². The van der Waals surface area contributed by atoms with Crippen LogP contribution in [-0.4, -0.2) is 55.4 Å². The SMILES string of the molecule is CN(Cc1ccccc1)C(=O)CSc1nc2ccc(NC(=O)CSc3n[nH]c(-c4ccccc4)n3)cc2s1. The van der Waals surface area contributed by atoms with Gasteiger partial charge in [-0.2, -0.15) is 0 Å². The van der Waals surface area contributed by atoms with Gasteiger partial charge < -0.3 is 10.2 Å². The molecular weight excluding hydrogens is 537 g/mol. The fraction of sp³-hybridized carbons (Fsp3) is 0.148. The number of carbonyl (C=O) groups is 2. The van der Waals surface area contributed by atoms with Gasteiger partial charge in [0.05, 0.1) is 21.7 Å². The molecule has 0 spiro atoms. The van der Waals surface area contributed by atoms with Crippen LogP contribution < -0.4 is 5.32 Å².